The molecule has 1 N–H and O–H groups in total. The second-order valence-corrected chi connectivity index (χ2v) is 2.55. The van der Waals surface area contributed by atoms with E-state index in [1.165, 1.54) is 6.20 Å². The van der Waals surface area contributed by atoms with E-state index in [-0.39, 0.29) is 0 Å². The van der Waals surface area contributed by atoms with Gasteiger partial charge >= 0.3 is 6.18 Å². The molecule has 0 bridgehead atoms. The zero-order chi connectivity index (χ0) is 9.90. The Hall–Kier alpha value is -1.11. The molecular formula is C6H9F3N4. The predicted molar refractivity (Wildman–Crippen MR) is 38.8 cm³/mol. The number of halogens is 3. The van der Waals surface area contributed by atoms with Crippen molar-refractivity contribution in [1.29, 1.82) is 0 Å². The summed E-state index contributed by atoms with van der Waals surface area (Å²) in [5.41, 5.74) is 0.492. The standard InChI is InChI=1S/C6H9F3N4/c1-10-2-5-3-13(12-11-5)4-6(7,8)9/h3,10H,2,4H2,1H3. The van der Waals surface area contributed by atoms with Crippen molar-refractivity contribution in [2.24, 2.45) is 0 Å². The lowest BCUT2D eigenvalue weighted by atomic mass is 10.5. The molecule has 74 valence electrons. The molecule has 1 aromatic heterocycles. The van der Waals surface area contributed by atoms with Crippen LogP contribution in [0.4, 0.5) is 13.2 Å². The summed E-state index contributed by atoms with van der Waals surface area (Å²) in [6, 6.07) is 0. The molecule has 0 unspecified atom stereocenters. The van der Waals surface area contributed by atoms with Crippen molar-refractivity contribution in [2.45, 2.75) is 19.3 Å². The van der Waals surface area contributed by atoms with E-state index in [4.69, 9.17) is 0 Å². The number of alkyl halides is 3. The number of rotatable bonds is 3. The van der Waals surface area contributed by atoms with Crippen LogP contribution in [0.25, 0.3) is 0 Å². The number of hydrogen-bond donors (Lipinski definition) is 1. The summed E-state index contributed by atoms with van der Waals surface area (Å²) in [6.07, 6.45) is -2.98. The third-order valence-electron chi connectivity index (χ3n) is 1.29. The molecule has 0 atom stereocenters. The highest BCUT2D eigenvalue weighted by atomic mass is 19.4. The molecule has 1 aromatic rings. The first-order chi connectivity index (χ1) is 6.01. The van der Waals surface area contributed by atoms with Gasteiger partial charge in [-0.2, -0.15) is 13.2 Å². The molecule has 0 aliphatic carbocycles. The third-order valence-corrected chi connectivity index (χ3v) is 1.29. The zero-order valence-corrected chi connectivity index (χ0v) is 6.97. The van der Waals surface area contributed by atoms with Gasteiger partial charge in [0, 0.05) is 6.54 Å². The van der Waals surface area contributed by atoms with Gasteiger partial charge in [0.25, 0.3) is 0 Å². The Morgan fingerprint density at radius 3 is 2.77 bits per heavy atom. The highest BCUT2D eigenvalue weighted by Gasteiger charge is 2.28. The van der Waals surface area contributed by atoms with Gasteiger partial charge in [-0.05, 0) is 7.05 Å². The van der Waals surface area contributed by atoms with Gasteiger partial charge in [0.1, 0.15) is 6.54 Å². The summed E-state index contributed by atoms with van der Waals surface area (Å²) < 4.78 is 36.3. The van der Waals surface area contributed by atoms with Crippen LogP contribution in [-0.2, 0) is 13.1 Å². The molecule has 0 aliphatic heterocycles. The number of nitrogens with zero attached hydrogens (tertiary/aromatic N) is 3. The smallest absolute Gasteiger partial charge is 0.314 e. The highest BCUT2D eigenvalue weighted by molar-refractivity contribution is 4.91. The first-order valence-corrected chi connectivity index (χ1v) is 3.61. The van der Waals surface area contributed by atoms with Crippen LogP contribution in [-0.4, -0.2) is 28.2 Å². The molecule has 7 heteroatoms. The maximum atomic E-state index is 11.8. The summed E-state index contributed by atoms with van der Waals surface area (Å²) in [5.74, 6) is 0. The lowest BCUT2D eigenvalue weighted by Gasteiger charge is -2.03. The molecular weight excluding hydrogens is 185 g/mol. The van der Waals surface area contributed by atoms with Gasteiger partial charge < -0.3 is 5.32 Å². The third kappa shape index (κ3) is 3.41. The molecule has 0 amide bonds. The van der Waals surface area contributed by atoms with Crippen molar-refractivity contribution >= 4 is 0 Å². The lowest BCUT2D eigenvalue weighted by Crippen LogP contribution is -2.18. The molecule has 0 saturated heterocycles. The Morgan fingerprint density at radius 2 is 2.23 bits per heavy atom. The van der Waals surface area contributed by atoms with Crippen LogP contribution in [0.1, 0.15) is 5.69 Å². The second-order valence-electron chi connectivity index (χ2n) is 2.55. The normalized spacial score (nSPS) is 12.0. The number of aromatic nitrogens is 3. The molecule has 0 saturated carbocycles. The molecule has 0 fully saturated rings. The molecule has 1 rings (SSSR count). The summed E-state index contributed by atoms with van der Waals surface area (Å²) >= 11 is 0. The summed E-state index contributed by atoms with van der Waals surface area (Å²) in [4.78, 5) is 0. The molecule has 1 heterocycles. The molecule has 13 heavy (non-hydrogen) atoms. The largest absolute Gasteiger partial charge is 0.408 e. The Kier molecular flexibility index (Phi) is 2.86. The molecule has 0 radical (unpaired) electrons. The van der Waals surface area contributed by atoms with Gasteiger partial charge in [-0.25, -0.2) is 4.68 Å². The van der Waals surface area contributed by atoms with E-state index in [2.05, 4.69) is 15.6 Å². The second kappa shape index (κ2) is 3.73. The van der Waals surface area contributed by atoms with Crippen molar-refractivity contribution in [1.82, 2.24) is 20.3 Å². The van der Waals surface area contributed by atoms with E-state index >= 15 is 0 Å². The van der Waals surface area contributed by atoms with Gasteiger partial charge in [-0.3, -0.25) is 0 Å². The van der Waals surface area contributed by atoms with Gasteiger partial charge in [-0.15, -0.1) is 5.10 Å². The number of hydrogen-bond acceptors (Lipinski definition) is 3. The van der Waals surface area contributed by atoms with Crippen LogP contribution in [0.3, 0.4) is 0 Å². The average Bonchev–Trinajstić information content (AvgIpc) is 2.33. The van der Waals surface area contributed by atoms with Crippen LogP contribution in [0.5, 0.6) is 0 Å². The minimum absolute atomic E-state index is 0.415. The maximum absolute atomic E-state index is 11.8. The van der Waals surface area contributed by atoms with Crippen LogP contribution in [0, 0.1) is 0 Å². The SMILES string of the molecule is CNCc1cn(CC(F)(F)F)nn1. The molecule has 0 spiro atoms. The molecule has 0 aliphatic rings. The van der Waals surface area contributed by atoms with Crippen molar-refractivity contribution in [3.8, 4) is 0 Å². The van der Waals surface area contributed by atoms with Crippen LogP contribution in [0.2, 0.25) is 0 Å². The van der Waals surface area contributed by atoms with Crippen molar-refractivity contribution in [3.05, 3.63) is 11.9 Å². The summed E-state index contributed by atoms with van der Waals surface area (Å²) in [7, 11) is 1.68. The maximum Gasteiger partial charge on any atom is 0.408 e. The van der Waals surface area contributed by atoms with E-state index in [0.717, 1.165) is 4.68 Å². The van der Waals surface area contributed by atoms with Gasteiger partial charge in [-0.1, -0.05) is 5.21 Å². The van der Waals surface area contributed by atoms with Gasteiger partial charge in [0.05, 0.1) is 11.9 Å². The fourth-order valence-electron chi connectivity index (χ4n) is 0.862. The molecule has 0 aromatic carbocycles. The van der Waals surface area contributed by atoms with Crippen molar-refractivity contribution < 1.29 is 13.2 Å². The Morgan fingerprint density at radius 1 is 1.54 bits per heavy atom. The highest BCUT2D eigenvalue weighted by Crippen LogP contribution is 2.16. The fourth-order valence-corrected chi connectivity index (χ4v) is 0.862. The monoisotopic (exact) mass is 194 g/mol. The first kappa shape index (κ1) is 9.97. The van der Waals surface area contributed by atoms with E-state index in [0.29, 0.717) is 12.2 Å². The summed E-state index contributed by atoms with van der Waals surface area (Å²) in [5, 5.41) is 9.63. The van der Waals surface area contributed by atoms with Gasteiger partial charge in [0.2, 0.25) is 0 Å². The van der Waals surface area contributed by atoms with E-state index in [1.807, 2.05) is 0 Å². The van der Waals surface area contributed by atoms with Crippen LogP contribution >= 0.6 is 0 Å². The fraction of sp³-hybridized carbons (Fsp3) is 0.667. The van der Waals surface area contributed by atoms with E-state index in [9.17, 15) is 13.2 Å². The topological polar surface area (TPSA) is 42.7 Å². The van der Waals surface area contributed by atoms with E-state index < -0.39 is 12.7 Å². The quantitative estimate of drug-likeness (QED) is 0.764. The Balaban J connectivity index is 2.59. The average molecular weight is 194 g/mol. The Labute approximate surface area is 72.7 Å². The molecule has 4 nitrogen and oxygen atoms in total. The predicted octanol–water partition coefficient (Wildman–Crippen LogP) is 0.560. The van der Waals surface area contributed by atoms with Crippen LogP contribution in [0.15, 0.2) is 6.20 Å². The summed E-state index contributed by atoms with van der Waals surface area (Å²) in [6.45, 7) is -0.679. The minimum atomic E-state index is -4.25. The zero-order valence-electron chi connectivity index (χ0n) is 6.97. The van der Waals surface area contributed by atoms with Crippen LogP contribution < -0.4 is 5.32 Å². The van der Waals surface area contributed by atoms with E-state index in [1.54, 1.807) is 7.05 Å². The Bertz CT molecular complexity index is 267. The van der Waals surface area contributed by atoms with Crippen molar-refractivity contribution in [2.75, 3.05) is 7.05 Å². The van der Waals surface area contributed by atoms with Crippen molar-refractivity contribution in [3.63, 3.8) is 0 Å². The number of nitrogens with one attached hydrogen (secondary N) is 1. The first-order valence-electron chi connectivity index (χ1n) is 3.61. The minimum Gasteiger partial charge on any atom is -0.314 e. The van der Waals surface area contributed by atoms with Gasteiger partial charge in [0.15, 0.2) is 0 Å². The lowest BCUT2D eigenvalue weighted by molar-refractivity contribution is -0.142.